The molecule has 0 spiro atoms. The van der Waals surface area contributed by atoms with Crippen LogP contribution in [0.4, 0.5) is 11.5 Å². The Hall–Kier alpha value is -1.75. The van der Waals surface area contributed by atoms with E-state index in [4.69, 9.17) is 17.3 Å². The summed E-state index contributed by atoms with van der Waals surface area (Å²) in [5.41, 5.74) is 7.44. The zero-order valence-corrected chi connectivity index (χ0v) is 10.3. The summed E-state index contributed by atoms with van der Waals surface area (Å²) < 4.78 is 1.85. The van der Waals surface area contributed by atoms with Crippen LogP contribution in [0.5, 0.6) is 0 Å². The Morgan fingerprint density at radius 1 is 1.47 bits per heavy atom. The van der Waals surface area contributed by atoms with E-state index in [1.54, 1.807) is 18.3 Å². The van der Waals surface area contributed by atoms with Gasteiger partial charge in [-0.2, -0.15) is 5.10 Å². The quantitative estimate of drug-likeness (QED) is 0.812. The highest BCUT2D eigenvalue weighted by molar-refractivity contribution is 6.29. The van der Waals surface area contributed by atoms with Crippen molar-refractivity contribution in [2.45, 2.75) is 6.42 Å². The van der Waals surface area contributed by atoms with Crippen molar-refractivity contribution in [2.24, 2.45) is 7.05 Å². The predicted molar refractivity (Wildman–Crippen MR) is 69.1 cm³/mol. The summed E-state index contributed by atoms with van der Waals surface area (Å²) in [5, 5.41) is 7.67. The molecule has 0 bridgehead atoms. The van der Waals surface area contributed by atoms with Gasteiger partial charge in [0.15, 0.2) is 0 Å². The number of pyridine rings is 1. The molecule has 0 aliphatic carbocycles. The van der Waals surface area contributed by atoms with Crippen molar-refractivity contribution in [3.8, 4) is 0 Å². The van der Waals surface area contributed by atoms with Gasteiger partial charge in [-0.25, -0.2) is 4.98 Å². The average Bonchev–Trinajstić information content (AvgIpc) is 2.63. The van der Waals surface area contributed by atoms with E-state index >= 15 is 0 Å². The maximum Gasteiger partial charge on any atom is 0.133 e. The summed E-state index contributed by atoms with van der Waals surface area (Å²) >= 11 is 5.81. The summed E-state index contributed by atoms with van der Waals surface area (Å²) in [6.07, 6.45) is 2.65. The minimum absolute atomic E-state index is 0.396. The fourth-order valence-electron chi connectivity index (χ4n) is 1.57. The van der Waals surface area contributed by atoms with Crippen molar-refractivity contribution in [1.29, 1.82) is 0 Å². The fraction of sp³-hybridized carbons (Fsp3) is 0.273. The van der Waals surface area contributed by atoms with Gasteiger partial charge < -0.3 is 11.1 Å². The second kappa shape index (κ2) is 5.05. The molecule has 2 aromatic rings. The van der Waals surface area contributed by atoms with Crippen molar-refractivity contribution in [2.75, 3.05) is 17.6 Å². The van der Waals surface area contributed by atoms with Crippen molar-refractivity contribution in [3.05, 3.63) is 35.2 Å². The number of aromatic nitrogens is 3. The van der Waals surface area contributed by atoms with Gasteiger partial charge in [0.1, 0.15) is 11.0 Å². The summed E-state index contributed by atoms with van der Waals surface area (Å²) in [7, 11) is 1.92. The van der Waals surface area contributed by atoms with E-state index in [9.17, 15) is 0 Å². The first-order valence-electron chi connectivity index (χ1n) is 5.29. The maximum atomic E-state index is 5.81. The number of nitrogens with zero attached hydrogens (tertiary/aromatic N) is 3. The number of hydrogen-bond acceptors (Lipinski definition) is 4. The average molecular weight is 252 g/mol. The third-order valence-electron chi connectivity index (χ3n) is 2.43. The molecule has 0 amide bonds. The van der Waals surface area contributed by atoms with E-state index in [1.165, 1.54) is 0 Å². The Bertz CT molecular complexity index is 488. The Kier molecular flexibility index (Phi) is 3.49. The van der Waals surface area contributed by atoms with Crippen LogP contribution in [-0.2, 0) is 13.5 Å². The molecule has 0 radical (unpaired) electrons. The molecule has 0 fully saturated rings. The van der Waals surface area contributed by atoms with Gasteiger partial charge in [-0.1, -0.05) is 11.6 Å². The molecule has 2 heterocycles. The lowest BCUT2D eigenvalue weighted by Crippen LogP contribution is -2.09. The van der Waals surface area contributed by atoms with Gasteiger partial charge in [0.2, 0.25) is 0 Å². The van der Waals surface area contributed by atoms with Crippen molar-refractivity contribution >= 4 is 23.1 Å². The number of halogens is 1. The van der Waals surface area contributed by atoms with Crippen LogP contribution in [0.1, 0.15) is 5.69 Å². The van der Waals surface area contributed by atoms with Gasteiger partial charge >= 0.3 is 0 Å². The van der Waals surface area contributed by atoms with Crippen LogP contribution in [0.3, 0.4) is 0 Å². The minimum atomic E-state index is 0.396. The van der Waals surface area contributed by atoms with Crippen molar-refractivity contribution in [3.63, 3.8) is 0 Å². The van der Waals surface area contributed by atoms with Gasteiger partial charge in [-0.15, -0.1) is 0 Å². The molecule has 2 rings (SSSR count). The number of rotatable bonds is 4. The molecule has 17 heavy (non-hydrogen) atoms. The first kappa shape index (κ1) is 11.7. The number of aryl methyl sites for hydroxylation is 1. The van der Waals surface area contributed by atoms with E-state index in [0.29, 0.717) is 16.7 Å². The number of nitrogens with one attached hydrogen (secondary N) is 1. The third kappa shape index (κ3) is 3.10. The highest BCUT2D eigenvalue weighted by Crippen LogP contribution is 2.15. The lowest BCUT2D eigenvalue weighted by atomic mass is 10.3. The lowest BCUT2D eigenvalue weighted by Gasteiger charge is -2.07. The summed E-state index contributed by atoms with van der Waals surface area (Å²) in [4.78, 5) is 4.13. The number of nitrogen functional groups attached to an aromatic ring is 1. The third-order valence-corrected chi connectivity index (χ3v) is 2.62. The molecular formula is C11H14ClN5. The second-order valence-corrected chi connectivity index (χ2v) is 4.12. The zero-order valence-electron chi connectivity index (χ0n) is 9.52. The van der Waals surface area contributed by atoms with E-state index in [2.05, 4.69) is 15.4 Å². The van der Waals surface area contributed by atoms with Crippen LogP contribution >= 0.6 is 11.6 Å². The van der Waals surface area contributed by atoms with Gasteiger partial charge in [0.05, 0.1) is 0 Å². The van der Waals surface area contributed by atoms with E-state index < -0.39 is 0 Å². The Labute approximate surface area is 105 Å². The van der Waals surface area contributed by atoms with Gasteiger partial charge in [0, 0.05) is 43.7 Å². The highest BCUT2D eigenvalue weighted by Gasteiger charge is 2.00. The van der Waals surface area contributed by atoms with Crippen LogP contribution in [0.15, 0.2) is 24.4 Å². The largest absolute Gasteiger partial charge is 0.399 e. The van der Waals surface area contributed by atoms with Gasteiger partial charge in [-0.05, 0) is 12.1 Å². The normalized spacial score (nSPS) is 10.5. The van der Waals surface area contributed by atoms with Gasteiger partial charge in [0.25, 0.3) is 0 Å². The maximum absolute atomic E-state index is 5.81. The molecule has 0 aliphatic heterocycles. The molecule has 6 heteroatoms. The molecule has 5 nitrogen and oxygen atoms in total. The van der Waals surface area contributed by atoms with Crippen LogP contribution in [0, 0.1) is 0 Å². The zero-order chi connectivity index (χ0) is 12.3. The van der Waals surface area contributed by atoms with Crippen LogP contribution < -0.4 is 11.1 Å². The SMILES string of the molecule is Cn1nccc1CCNc1cc(N)cc(Cl)n1. The Balaban J connectivity index is 1.92. The van der Waals surface area contributed by atoms with Crippen LogP contribution in [0.25, 0.3) is 0 Å². The fourth-order valence-corrected chi connectivity index (χ4v) is 1.79. The highest BCUT2D eigenvalue weighted by atomic mass is 35.5. The minimum Gasteiger partial charge on any atom is -0.399 e. The first-order chi connectivity index (χ1) is 8.15. The van der Waals surface area contributed by atoms with Crippen LogP contribution in [0.2, 0.25) is 5.15 Å². The molecule has 0 aliphatic rings. The molecule has 0 saturated heterocycles. The monoisotopic (exact) mass is 251 g/mol. The molecular weight excluding hydrogens is 238 g/mol. The smallest absolute Gasteiger partial charge is 0.133 e. The number of hydrogen-bond donors (Lipinski definition) is 2. The van der Waals surface area contributed by atoms with Crippen molar-refractivity contribution < 1.29 is 0 Å². The molecule has 3 N–H and O–H groups in total. The van der Waals surface area contributed by atoms with Gasteiger partial charge in [-0.3, -0.25) is 4.68 Å². The molecule has 0 aromatic carbocycles. The van der Waals surface area contributed by atoms with Crippen molar-refractivity contribution in [1.82, 2.24) is 14.8 Å². The summed E-state index contributed by atoms with van der Waals surface area (Å²) in [6.45, 7) is 0.756. The second-order valence-electron chi connectivity index (χ2n) is 3.73. The summed E-state index contributed by atoms with van der Waals surface area (Å²) in [6, 6.07) is 5.37. The Morgan fingerprint density at radius 2 is 2.29 bits per heavy atom. The topological polar surface area (TPSA) is 68.8 Å². The molecule has 90 valence electrons. The molecule has 2 aromatic heterocycles. The van der Waals surface area contributed by atoms with E-state index in [-0.39, 0.29) is 0 Å². The number of nitrogens with two attached hydrogens (primary N) is 1. The molecule has 0 saturated carbocycles. The first-order valence-corrected chi connectivity index (χ1v) is 5.67. The lowest BCUT2D eigenvalue weighted by molar-refractivity contribution is 0.711. The van der Waals surface area contributed by atoms with E-state index in [1.807, 2.05) is 17.8 Å². The number of anilines is 2. The summed E-state index contributed by atoms with van der Waals surface area (Å²) in [5.74, 6) is 0.692. The Morgan fingerprint density at radius 3 is 2.94 bits per heavy atom. The molecule has 0 atom stereocenters. The van der Waals surface area contributed by atoms with Crippen LogP contribution in [-0.4, -0.2) is 21.3 Å². The predicted octanol–water partition coefficient (Wildman–Crippen LogP) is 1.71. The van der Waals surface area contributed by atoms with E-state index in [0.717, 1.165) is 18.7 Å². The molecule has 0 unspecified atom stereocenters. The standard InChI is InChI=1S/C11H14ClN5/c1-17-9(3-5-15-17)2-4-14-11-7-8(13)6-10(12)16-11/h3,5-7H,2,4H2,1H3,(H3,13,14,16).